The van der Waals surface area contributed by atoms with Crippen LogP contribution in [-0.2, 0) is 6.42 Å². The number of benzene rings is 1. The molecule has 0 spiro atoms. The maximum absolute atomic E-state index is 9.21. The van der Waals surface area contributed by atoms with E-state index in [2.05, 4.69) is 11.1 Å². The number of aromatic nitrogens is 1. The number of rotatable bonds is 5. The second-order valence-corrected chi connectivity index (χ2v) is 6.16. The van der Waals surface area contributed by atoms with E-state index in [-0.39, 0.29) is 0 Å². The molecule has 108 valence electrons. The van der Waals surface area contributed by atoms with Gasteiger partial charge in [0.05, 0.1) is 24.9 Å². The van der Waals surface area contributed by atoms with E-state index in [4.69, 9.17) is 9.47 Å². The number of hydrogen-bond acceptors (Lipinski definition) is 5. The summed E-state index contributed by atoms with van der Waals surface area (Å²) in [5, 5.41) is 10.2. The summed E-state index contributed by atoms with van der Waals surface area (Å²) in [5.41, 5.74) is 2.10. The molecule has 1 aromatic carbocycles. The summed E-state index contributed by atoms with van der Waals surface area (Å²) in [6.07, 6.45) is 3.04. The first kappa shape index (κ1) is 13.9. The lowest BCUT2D eigenvalue weighted by Crippen LogP contribution is -1.94. The van der Waals surface area contributed by atoms with E-state index in [1.165, 1.54) is 11.3 Å². The fourth-order valence-electron chi connectivity index (χ4n) is 2.33. The number of hydrogen-bond donors (Lipinski definition) is 0. The van der Waals surface area contributed by atoms with Crippen molar-refractivity contribution in [3.8, 4) is 17.6 Å². The van der Waals surface area contributed by atoms with Crippen LogP contribution in [0.5, 0.6) is 11.5 Å². The Bertz CT molecular complexity index is 699. The van der Waals surface area contributed by atoms with Gasteiger partial charge in [0.15, 0.2) is 11.5 Å². The van der Waals surface area contributed by atoms with Crippen LogP contribution in [0.15, 0.2) is 18.2 Å². The van der Waals surface area contributed by atoms with Crippen molar-refractivity contribution in [2.24, 2.45) is 0 Å². The van der Waals surface area contributed by atoms with Gasteiger partial charge in [-0.05, 0) is 30.5 Å². The van der Waals surface area contributed by atoms with Gasteiger partial charge in [-0.3, -0.25) is 0 Å². The van der Waals surface area contributed by atoms with E-state index in [1.807, 2.05) is 18.2 Å². The largest absolute Gasteiger partial charge is 0.493 e. The molecule has 1 heterocycles. The molecule has 0 radical (unpaired) electrons. The van der Waals surface area contributed by atoms with Gasteiger partial charge in [0, 0.05) is 12.3 Å². The van der Waals surface area contributed by atoms with E-state index in [9.17, 15) is 5.26 Å². The van der Waals surface area contributed by atoms with Crippen molar-refractivity contribution in [3.05, 3.63) is 39.3 Å². The van der Waals surface area contributed by atoms with Gasteiger partial charge >= 0.3 is 0 Å². The fourth-order valence-corrected chi connectivity index (χ4v) is 3.31. The minimum Gasteiger partial charge on any atom is -0.493 e. The van der Waals surface area contributed by atoms with Crippen LogP contribution in [0, 0.1) is 11.3 Å². The molecule has 4 nitrogen and oxygen atoms in total. The monoisotopic (exact) mass is 300 g/mol. The summed E-state index contributed by atoms with van der Waals surface area (Å²) in [4.78, 5) is 5.43. The Balaban J connectivity index is 1.85. The summed E-state index contributed by atoms with van der Waals surface area (Å²) >= 11 is 1.50. The zero-order valence-electron chi connectivity index (χ0n) is 12.0. The van der Waals surface area contributed by atoms with Gasteiger partial charge in [0.2, 0.25) is 0 Å². The lowest BCUT2D eigenvalue weighted by Gasteiger charge is -2.08. The first-order valence-corrected chi connectivity index (χ1v) is 7.67. The fraction of sp³-hybridized carbons (Fsp3) is 0.375. The van der Waals surface area contributed by atoms with E-state index in [0.717, 1.165) is 45.5 Å². The lowest BCUT2D eigenvalue weighted by molar-refractivity contribution is 0.354. The van der Waals surface area contributed by atoms with Gasteiger partial charge < -0.3 is 9.47 Å². The van der Waals surface area contributed by atoms with Crippen LogP contribution in [0.3, 0.4) is 0 Å². The second kappa shape index (κ2) is 5.74. The van der Waals surface area contributed by atoms with Crippen LogP contribution in [0.25, 0.3) is 0 Å². The number of thiazole rings is 1. The predicted octanol–water partition coefficient (Wildman–Crippen LogP) is 3.50. The smallest absolute Gasteiger partial charge is 0.160 e. The molecule has 0 N–H and O–H groups in total. The SMILES string of the molecule is COc1ccc(Cc2nc(C3CC3)c(C#N)s2)cc1OC. The van der Waals surface area contributed by atoms with Crippen molar-refractivity contribution in [1.29, 1.82) is 5.26 Å². The van der Waals surface area contributed by atoms with E-state index in [0.29, 0.717) is 12.3 Å². The molecule has 0 aliphatic heterocycles. The molecule has 0 atom stereocenters. The Morgan fingerprint density at radius 3 is 2.67 bits per heavy atom. The van der Waals surface area contributed by atoms with Crippen molar-refractivity contribution < 1.29 is 9.47 Å². The molecule has 21 heavy (non-hydrogen) atoms. The molecule has 1 saturated carbocycles. The molecule has 5 heteroatoms. The Labute approximate surface area is 128 Å². The van der Waals surface area contributed by atoms with Crippen LogP contribution in [-0.4, -0.2) is 19.2 Å². The summed E-state index contributed by atoms with van der Waals surface area (Å²) in [6.45, 7) is 0. The predicted molar refractivity (Wildman–Crippen MR) is 81.2 cm³/mol. The molecule has 0 amide bonds. The van der Waals surface area contributed by atoms with Gasteiger partial charge in [0.25, 0.3) is 0 Å². The average Bonchev–Trinajstić information content (AvgIpc) is 3.28. The molecule has 1 aliphatic rings. The standard InChI is InChI=1S/C16H16N2O2S/c1-19-12-6-3-10(7-13(12)20-2)8-15-18-16(11-4-5-11)14(9-17)21-15/h3,6-7,11H,4-5,8H2,1-2H3. The summed E-state index contributed by atoms with van der Waals surface area (Å²) in [7, 11) is 3.25. The molecule has 1 aromatic heterocycles. The molecule has 0 bridgehead atoms. The Kier molecular flexibility index (Phi) is 3.80. The number of nitriles is 1. The van der Waals surface area contributed by atoms with Crippen LogP contribution >= 0.6 is 11.3 Å². The maximum Gasteiger partial charge on any atom is 0.160 e. The summed E-state index contributed by atoms with van der Waals surface area (Å²) in [6, 6.07) is 8.14. The topological polar surface area (TPSA) is 55.1 Å². The van der Waals surface area contributed by atoms with E-state index >= 15 is 0 Å². The molecular weight excluding hydrogens is 284 g/mol. The highest BCUT2D eigenvalue weighted by atomic mass is 32.1. The lowest BCUT2D eigenvalue weighted by atomic mass is 10.1. The number of ether oxygens (including phenoxy) is 2. The number of nitrogens with zero attached hydrogens (tertiary/aromatic N) is 2. The molecule has 0 saturated heterocycles. The quantitative estimate of drug-likeness (QED) is 0.848. The highest BCUT2D eigenvalue weighted by molar-refractivity contribution is 7.12. The molecule has 0 unspecified atom stereocenters. The van der Waals surface area contributed by atoms with Crippen LogP contribution in [0.4, 0.5) is 0 Å². The van der Waals surface area contributed by atoms with Crippen LogP contribution in [0.2, 0.25) is 0 Å². The second-order valence-electron chi connectivity index (χ2n) is 5.07. The van der Waals surface area contributed by atoms with Gasteiger partial charge in [-0.25, -0.2) is 4.98 Å². The van der Waals surface area contributed by atoms with Gasteiger partial charge in [-0.1, -0.05) is 6.07 Å². The van der Waals surface area contributed by atoms with Crippen LogP contribution < -0.4 is 9.47 Å². The molecular formula is C16H16N2O2S. The van der Waals surface area contributed by atoms with Gasteiger partial charge in [-0.15, -0.1) is 11.3 Å². The maximum atomic E-state index is 9.21. The molecule has 1 aliphatic carbocycles. The third kappa shape index (κ3) is 2.86. The van der Waals surface area contributed by atoms with Crippen molar-refractivity contribution in [1.82, 2.24) is 4.98 Å². The van der Waals surface area contributed by atoms with E-state index in [1.54, 1.807) is 14.2 Å². The first-order chi connectivity index (χ1) is 10.2. The van der Waals surface area contributed by atoms with Gasteiger partial charge in [-0.2, -0.15) is 5.26 Å². The zero-order chi connectivity index (χ0) is 14.8. The first-order valence-electron chi connectivity index (χ1n) is 6.85. The third-order valence-corrected chi connectivity index (χ3v) is 4.54. The van der Waals surface area contributed by atoms with Crippen molar-refractivity contribution >= 4 is 11.3 Å². The van der Waals surface area contributed by atoms with Crippen molar-refractivity contribution in [3.63, 3.8) is 0 Å². The number of methoxy groups -OCH3 is 2. The highest BCUT2D eigenvalue weighted by Gasteiger charge is 2.29. The third-order valence-electron chi connectivity index (χ3n) is 3.57. The molecule has 3 rings (SSSR count). The zero-order valence-corrected chi connectivity index (χ0v) is 12.9. The van der Waals surface area contributed by atoms with Crippen LogP contribution in [0.1, 0.15) is 39.9 Å². The Hall–Kier alpha value is -2.06. The van der Waals surface area contributed by atoms with E-state index < -0.39 is 0 Å². The summed E-state index contributed by atoms with van der Waals surface area (Å²) < 4.78 is 10.6. The van der Waals surface area contributed by atoms with Gasteiger partial charge in [0.1, 0.15) is 10.9 Å². The van der Waals surface area contributed by atoms with Crippen molar-refractivity contribution in [2.45, 2.75) is 25.2 Å². The molecule has 1 fully saturated rings. The molecule has 2 aromatic rings. The van der Waals surface area contributed by atoms with Crippen molar-refractivity contribution in [2.75, 3.05) is 14.2 Å². The minimum absolute atomic E-state index is 0.509. The normalized spacial score (nSPS) is 13.8. The Morgan fingerprint density at radius 2 is 2.05 bits per heavy atom. The summed E-state index contributed by atoms with van der Waals surface area (Å²) in [5.74, 6) is 1.95. The average molecular weight is 300 g/mol. The minimum atomic E-state index is 0.509. The Morgan fingerprint density at radius 1 is 1.29 bits per heavy atom. The highest BCUT2D eigenvalue weighted by Crippen LogP contribution is 2.42.